The first kappa shape index (κ1) is 9.76. The molecule has 1 N–H and O–H groups in total. The van der Waals surface area contributed by atoms with Crippen molar-refractivity contribution < 1.29 is 14.2 Å². The van der Waals surface area contributed by atoms with Crippen LogP contribution in [0.4, 0.5) is 0 Å². The first-order chi connectivity index (χ1) is 4.81. The molecule has 0 spiro atoms. The van der Waals surface area contributed by atoms with Crippen LogP contribution in [0.5, 0.6) is 0 Å². The van der Waals surface area contributed by atoms with Crippen molar-refractivity contribution in [3.8, 4) is 0 Å². The summed E-state index contributed by atoms with van der Waals surface area (Å²) in [4.78, 5) is 0. The second-order valence-electron chi connectivity index (χ2n) is 1.64. The van der Waals surface area contributed by atoms with Crippen molar-refractivity contribution in [3.05, 3.63) is 11.9 Å². The van der Waals surface area contributed by atoms with Crippen molar-refractivity contribution in [2.75, 3.05) is 13.2 Å². The van der Waals surface area contributed by atoms with Crippen LogP contribution >= 0.6 is 8.03 Å². The zero-order chi connectivity index (χ0) is 7.82. The molecule has 3 nitrogen and oxygen atoms in total. The lowest BCUT2D eigenvalue weighted by molar-refractivity contribution is 0.210. The summed E-state index contributed by atoms with van der Waals surface area (Å²) in [5.74, 6) is 1.50. The SMILES string of the molecule is CCC=C[P+](=O)OCCO. The largest absolute Gasteiger partial charge is 0.540 e. The number of rotatable bonds is 5. The molecule has 0 aliphatic rings. The Morgan fingerprint density at radius 2 is 2.40 bits per heavy atom. The van der Waals surface area contributed by atoms with Crippen LogP contribution in [0.2, 0.25) is 0 Å². The predicted molar refractivity (Wildman–Crippen MR) is 40.1 cm³/mol. The summed E-state index contributed by atoms with van der Waals surface area (Å²) in [6.07, 6.45) is 2.62. The average Bonchev–Trinajstić information content (AvgIpc) is 1.97. The first-order valence-electron chi connectivity index (χ1n) is 3.18. The standard InChI is InChI=1S/C6H12O3P/c1-2-3-6-10(8)9-5-4-7/h3,6-7H,2,4-5H2,1H3/q+1. The van der Waals surface area contributed by atoms with E-state index in [1.807, 2.05) is 6.92 Å². The highest BCUT2D eigenvalue weighted by atomic mass is 31.1. The van der Waals surface area contributed by atoms with E-state index in [4.69, 9.17) is 5.11 Å². The molecule has 0 amide bonds. The third-order valence-electron chi connectivity index (χ3n) is 0.773. The minimum Gasteiger partial charge on any atom is -0.394 e. The van der Waals surface area contributed by atoms with E-state index in [1.54, 1.807) is 6.08 Å². The number of aliphatic hydroxyl groups excluding tert-OH is 1. The van der Waals surface area contributed by atoms with Crippen molar-refractivity contribution in [3.63, 3.8) is 0 Å². The van der Waals surface area contributed by atoms with Gasteiger partial charge in [0.05, 0.1) is 6.61 Å². The van der Waals surface area contributed by atoms with E-state index in [2.05, 4.69) is 4.52 Å². The van der Waals surface area contributed by atoms with Crippen LogP contribution in [0, 0.1) is 0 Å². The van der Waals surface area contributed by atoms with Crippen LogP contribution in [-0.2, 0) is 9.09 Å². The summed E-state index contributed by atoms with van der Waals surface area (Å²) in [5, 5.41) is 8.26. The Kier molecular flexibility index (Phi) is 6.71. The fourth-order valence-corrected chi connectivity index (χ4v) is 1.10. The van der Waals surface area contributed by atoms with Crippen molar-refractivity contribution in [2.24, 2.45) is 0 Å². The number of aliphatic hydroxyl groups is 1. The molecule has 10 heavy (non-hydrogen) atoms. The topological polar surface area (TPSA) is 46.5 Å². The molecule has 1 unspecified atom stereocenters. The summed E-state index contributed by atoms with van der Waals surface area (Å²) in [6, 6.07) is 0. The van der Waals surface area contributed by atoms with Crippen LogP contribution in [0.3, 0.4) is 0 Å². The lowest BCUT2D eigenvalue weighted by Crippen LogP contribution is -1.90. The predicted octanol–water partition coefficient (Wildman–Crippen LogP) is 1.66. The van der Waals surface area contributed by atoms with Gasteiger partial charge in [0, 0.05) is 0 Å². The lowest BCUT2D eigenvalue weighted by atomic mass is 10.5. The highest BCUT2D eigenvalue weighted by Gasteiger charge is 2.09. The molecule has 58 valence electrons. The Morgan fingerprint density at radius 3 is 2.90 bits per heavy atom. The monoisotopic (exact) mass is 163 g/mol. The van der Waals surface area contributed by atoms with E-state index in [0.717, 1.165) is 6.42 Å². The molecule has 0 heterocycles. The lowest BCUT2D eigenvalue weighted by Gasteiger charge is -1.80. The number of hydrogen-bond donors (Lipinski definition) is 1. The smallest absolute Gasteiger partial charge is 0.394 e. The maximum atomic E-state index is 10.7. The van der Waals surface area contributed by atoms with Crippen molar-refractivity contribution in [2.45, 2.75) is 13.3 Å². The van der Waals surface area contributed by atoms with Gasteiger partial charge < -0.3 is 5.11 Å². The zero-order valence-electron chi connectivity index (χ0n) is 5.99. The molecule has 0 fully saturated rings. The summed E-state index contributed by atoms with van der Waals surface area (Å²) in [5.41, 5.74) is 0. The van der Waals surface area contributed by atoms with Gasteiger partial charge in [0.2, 0.25) is 0 Å². The van der Waals surface area contributed by atoms with Crippen molar-refractivity contribution >= 4 is 8.03 Å². The van der Waals surface area contributed by atoms with Gasteiger partial charge in [-0.2, -0.15) is 0 Å². The Morgan fingerprint density at radius 1 is 1.70 bits per heavy atom. The highest BCUT2D eigenvalue weighted by molar-refractivity contribution is 7.42. The average molecular weight is 163 g/mol. The van der Waals surface area contributed by atoms with Crippen LogP contribution in [0.25, 0.3) is 0 Å². The van der Waals surface area contributed by atoms with Crippen molar-refractivity contribution in [1.82, 2.24) is 0 Å². The second-order valence-corrected chi connectivity index (χ2v) is 2.76. The minimum atomic E-state index is -1.68. The summed E-state index contributed by atoms with van der Waals surface area (Å²) >= 11 is 0. The van der Waals surface area contributed by atoms with E-state index in [-0.39, 0.29) is 13.2 Å². The molecule has 0 bridgehead atoms. The van der Waals surface area contributed by atoms with Crippen LogP contribution in [-0.4, -0.2) is 18.3 Å². The zero-order valence-corrected chi connectivity index (χ0v) is 6.88. The highest BCUT2D eigenvalue weighted by Crippen LogP contribution is 2.22. The molecule has 4 heteroatoms. The molecule has 0 aromatic rings. The van der Waals surface area contributed by atoms with Crippen LogP contribution in [0.15, 0.2) is 11.9 Å². The quantitative estimate of drug-likeness (QED) is 0.627. The molecular formula is C6H12O3P+. The Bertz CT molecular complexity index is 122. The molecule has 1 atom stereocenters. The maximum absolute atomic E-state index is 10.7. The van der Waals surface area contributed by atoms with Crippen LogP contribution < -0.4 is 0 Å². The first-order valence-corrected chi connectivity index (χ1v) is 4.42. The van der Waals surface area contributed by atoms with E-state index < -0.39 is 8.03 Å². The van der Waals surface area contributed by atoms with Crippen molar-refractivity contribution in [1.29, 1.82) is 0 Å². The molecule has 0 aromatic carbocycles. The molecule has 0 aromatic heterocycles. The fourth-order valence-electron chi connectivity index (χ4n) is 0.365. The van der Waals surface area contributed by atoms with E-state index in [9.17, 15) is 4.57 Å². The summed E-state index contributed by atoms with van der Waals surface area (Å²) in [6.45, 7) is 2.01. The normalized spacial score (nSPS) is 12.4. The third kappa shape index (κ3) is 5.89. The minimum absolute atomic E-state index is 0.0823. The van der Waals surface area contributed by atoms with Gasteiger partial charge in [-0.1, -0.05) is 6.92 Å². The third-order valence-corrected chi connectivity index (χ3v) is 1.66. The summed E-state index contributed by atoms with van der Waals surface area (Å²) in [7, 11) is -1.68. The van der Waals surface area contributed by atoms with Crippen LogP contribution in [0.1, 0.15) is 13.3 Å². The molecule has 0 saturated carbocycles. The van der Waals surface area contributed by atoms with Gasteiger partial charge in [0.25, 0.3) is 0 Å². The molecular weight excluding hydrogens is 151 g/mol. The maximum Gasteiger partial charge on any atom is 0.540 e. The van der Waals surface area contributed by atoms with Gasteiger partial charge >= 0.3 is 8.03 Å². The number of hydrogen-bond acceptors (Lipinski definition) is 3. The Labute approximate surface area is 61.6 Å². The molecule has 0 aliphatic carbocycles. The van der Waals surface area contributed by atoms with Gasteiger partial charge in [0.15, 0.2) is 5.82 Å². The van der Waals surface area contributed by atoms with Gasteiger partial charge in [-0.15, -0.1) is 4.52 Å². The van der Waals surface area contributed by atoms with Gasteiger partial charge in [0.1, 0.15) is 6.61 Å². The summed E-state index contributed by atoms with van der Waals surface area (Å²) < 4.78 is 15.4. The van der Waals surface area contributed by atoms with Gasteiger partial charge in [-0.25, -0.2) is 0 Å². The molecule has 0 saturated heterocycles. The second kappa shape index (κ2) is 6.87. The van der Waals surface area contributed by atoms with Gasteiger partial charge in [-0.3, -0.25) is 0 Å². The molecule has 0 radical (unpaired) electrons. The number of allylic oxidation sites excluding steroid dienone is 1. The van der Waals surface area contributed by atoms with E-state index in [1.165, 1.54) is 5.82 Å². The Hall–Kier alpha value is -0.240. The van der Waals surface area contributed by atoms with E-state index >= 15 is 0 Å². The fraction of sp³-hybridized carbons (Fsp3) is 0.667. The molecule has 0 aliphatic heterocycles. The van der Waals surface area contributed by atoms with E-state index in [0.29, 0.717) is 0 Å². The van der Waals surface area contributed by atoms with Gasteiger partial charge in [-0.05, 0) is 17.1 Å². The molecule has 0 rings (SSSR count). The Balaban J connectivity index is 3.34.